The molecule has 1 aliphatic rings. The number of aliphatic hydroxyl groups excluding tert-OH is 1. The molecule has 0 radical (unpaired) electrons. The van der Waals surface area contributed by atoms with Crippen LogP contribution in [0.4, 0.5) is 0 Å². The molecule has 4 heterocycles. The van der Waals surface area contributed by atoms with Crippen molar-refractivity contribution < 1.29 is 5.11 Å². The van der Waals surface area contributed by atoms with E-state index in [9.17, 15) is 9.90 Å². The third-order valence-corrected chi connectivity index (χ3v) is 7.49. The van der Waals surface area contributed by atoms with Gasteiger partial charge in [-0.05, 0) is 0 Å². The van der Waals surface area contributed by atoms with Crippen molar-refractivity contribution in [3.05, 3.63) is 137 Å². The fourth-order valence-electron chi connectivity index (χ4n) is 5.55. The number of hydrogen-bond acceptors (Lipinski definition) is 6. The zero-order valence-electron chi connectivity index (χ0n) is 22.2. The molecule has 8 rings (SSSR count). The van der Waals surface area contributed by atoms with Gasteiger partial charge in [0.1, 0.15) is 22.5 Å². The summed E-state index contributed by atoms with van der Waals surface area (Å²) in [6.07, 6.45) is -1.35. The van der Waals surface area contributed by atoms with Gasteiger partial charge in [0.2, 0.25) is 0 Å². The molecule has 4 aromatic carbocycles. The predicted molar refractivity (Wildman–Crippen MR) is 161 cm³/mol. The van der Waals surface area contributed by atoms with Crippen molar-refractivity contribution in [2.24, 2.45) is 0 Å². The molecule has 0 saturated carbocycles. The summed E-state index contributed by atoms with van der Waals surface area (Å²) in [5, 5.41) is 12.0. The minimum absolute atomic E-state index is 0.316. The highest BCUT2D eigenvalue weighted by atomic mass is 16.3. The molecule has 1 aliphatic heterocycles. The molecule has 8 nitrogen and oxygen atoms in total. The van der Waals surface area contributed by atoms with Gasteiger partial charge in [0.15, 0.2) is 23.5 Å². The molecule has 8 heteroatoms. The highest BCUT2D eigenvalue weighted by Gasteiger charge is 2.38. The van der Waals surface area contributed by atoms with Crippen LogP contribution in [0.1, 0.15) is 11.9 Å². The van der Waals surface area contributed by atoms with Gasteiger partial charge in [-0.3, -0.25) is 4.79 Å². The largest absolute Gasteiger partial charge is 0.366 e. The van der Waals surface area contributed by atoms with Crippen molar-refractivity contribution in [2.45, 2.75) is 6.23 Å². The lowest BCUT2D eigenvalue weighted by Crippen LogP contribution is -2.22. The van der Waals surface area contributed by atoms with Crippen LogP contribution in [0.2, 0.25) is 0 Å². The van der Waals surface area contributed by atoms with Crippen molar-refractivity contribution >= 4 is 11.0 Å². The molecule has 0 bridgehead atoms. The molecule has 1 N–H and O–H groups in total. The Balaban J connectivity index is 1.50. The normalized spacial score (nSPS) is 13.7. The first-order valence-electron chi connectivity index (χ1n) is 13.6. The minimum Gasteiger partial charge on any atom is -0.366 e. The van der Waals surface area contributed by atoms with Crippen LogP contribution in [0.15, 0.2) is 126 Å². The Kier molecular flexibility index (Phi) is 5.41. The van der Waals surface area contributed by atoms with Gasteiger partial charge in [0, 0.05) is 22.3 Å². The number of nitrogens with zero attached hydrogens (tertiary/aromatic N) is 6. The summed E-state index contributed by atoms with van der Waals surface area (Å²) in [7, 11) is 0. The van der Waals surface area contributed by atoms with Gasteiger partial charge in [-0.1, -0.05) is 121 Å². The number of benzene rings is 4. The van der Waals surface area contributed by atoms with E-state index >= 15 is 0 Å². The van der Waals surface area contributed by atoms with Crippen molar-refractivity contribution in [3.8, 4) is 51.0 Å². The van der Waals surface area contributed by atoms with Gasteiger partial charge in [-0.15, -0.1) is 0 Å². The molecule has 1 atom stereocenters. The molecule has 0 fully saturated rings. The van der Waals surface area contributed by atoms with Crippen LogP contribution in [-0.4, -0.2) is 34.4 Å². The van der Waals surface area contributed by atoms with Gasteiger partial charge in [0.05, 0.1) is 5.69 Å². The zero-order valence-corrected chi connectivity index (χ0v) is 22.2. The Hall–Kier alpha value is -5.73. The van der Waals surface area contributed by atoms with Gasteiger partial charge in [0.25, 0.3) is 5.56 Å². The van der Waals surface area contributed by atoms with Crippen LogP contribution in [-0.2, 0) is 0 Å². The monoisotopic (exact) mass is 546 g/mol. The first kappa shape index (κ1) is 24.1. The number of aliphatic hydroxyl groups is 1. The quantitative estimate of drug-likeness (QED) is 0.296. The second-order valence-corrected chi connectivity index (χ2v) is 10.0. The number of hydrogen-bond donors (Lipinski definition) is 1. The first-order valence-corrected chi connectivity index (χ1v) is 13.6. The maximum absolute atomic E-state index is 14.2. The summed E-state index contributed by atoms with van der Waals surface area (Å²) < 4.78 is 2.97. The molecule has 42 heavy (non-hydrogen) atoms. The summed E-state index contributed by atoms with van der Waals surface area (Å²) in [4.78, 5) is 33.8. The van der Waals surface area contributed by atoms with E-state index in [1.165, 1.54) is 4.68 Å². The minimum atomic E-state index is -1.35. The topological polar surface area (TPSA) is 98.7 Å². The van der Waals surface area contributed by atoms with Gasteiger partial charge in [-0.2, -0.15) is 0 Å². The fraction of sp³-hybridized carbons (Fsp3) is 0.0294. The van der Waals surface area contributed by atoms with Gasteiger partial charge < -0.3 is 5.11 Å². The van der Waals surface area contributed by atoms with Crippen molar-refractivity contribution in [3.63, 3.8) is 0 Å². The maximum Gasteiger partial charge on any atom is 0.281 e. The van der Waals surface area contributed by atoms with Crippen LogP contribution < -0.4 is 5.56 Å². The predicted octanol–water partition coefficient (Wildman–Crippen LogP) is 5.89. The summed E-state index contributed by atoms with van der Waals surface area (Å²) >= 11 is 0. The number of rotatable bonds is 4. The third-order valence-electron chi connectivity index (χ3n) is 7.49. The Bertz CT molecular complexity index is 2160. The summed E-state index contributed by atoms with van der Waals surface area (Å²) in [6, 6.07) is 38.5. The van der Waals surface area contributed by atoms with Crippen LogP contribution in [0, 0.1) is 0 Å². The van der Waals surface area contributed by atoms with Crippen molar-refractivity contribution in [1.82, 2.24) is 29.3 Å². The number of fused-ring (bicyclic) bond motifs is 5. The maximum atomic E-state index is 14.2. The van der Waals surface area contributed by atoms with Gasteiger partial charge in [-0.25, -0.2) is 29.3 Å². The Morgan fingerprint density at radius 3 is 1.55 bits per heavy atom. The molecule has 0 aliphatic carbocycles. The third kappa shape index (κ3) is 3.63. The lowest BCUT2D eigenvalue weighted by atomic mass is 10.1. The summed E-state index contributed by atoms with van der Waals surface area (Å²) in [6.45, 7) is 0. The van der Waals surface area contributed by atoms with Crippen LogP contribution in [0.5, 0.6) is 0 Å². The lowest BCUT2D eigenvalue weighted by Gasteiger charge is -2.13. The highest BCUT2D eigenvalue weighted by molar-refractivity contribution is 5.93. The Labute approximate surface area is 239 Å². The van der Waals surface area contributed by atoms with Crippen LogP contribution in [0.3, 0.4) is 0 Å². The van der Waals surface area contributed by atoms with Crippen LogP contribution >= 0.6 is 0 Å². The van der Waals surface area contributed by atoms with Gasteiger partial charge >= 0.3 is 0 Å². The SMILES string of the molecule is O=c1c2c(-c3ccccc3)nc(-c3ccccc3)nc2n2n1C(O)c1nc(-c3ccccc3)nc(-c3ccccc3)c1-2. The van der Waals surface area contributed by atoms with E-state index in [0.29, 0.717) is 45.5 Å². The van der Waals surface area contributed by atoms with E-state index in [-0.39, 0.29) is 0 Å². The zero-order chi connectivity index (χ0) is 28.2. The van der Waals surface area contributed by atoms with E-state index in [4.69, 9.17) is 19.9 Å². The molecule has 1 unspecified atom stereocenters. The Morgan fingerprint density at radius 1 is 0.548 bits per heavy atom. The van der Waals surface area contributed by atoms with E-state index in [2.05, 4.69) is 0 Å². The molecular formula is C34H22N6O2. The molecule has 0 amide bonds. The summed E-state index contributed by atoms with van der Waals surface area (Å²) in [5.74, 6) is 0.925. The van der Waals surface area contributed by atoms with Crippen LogP contribution in [0.25, 0.3) is 62.0 Å². The van der Waals surface area contributed by atoms with E-state index in [0.717, 1.165) is 22.3 Å². The second kappa shape index (κ2) is 9.43. The van der Waals surface area contributed by atoms with Crippen molar-refractivity contribution in [2.75, 3.05) is 0 Å². The average molecular weight is 547 g/mol. The lowest BCUT2D eigenvalue weighted by molar-refractivity contribution is 0.132. The summed E-state index contributed by atoms with van der Waals surface area (Å²) in [5.41, 5.74) is 5.11. The van der Waals surface area contributed by atoms with Crippen molar-refractivity contribution in [1.29, 1.82) is 0 Å². The fourth-order valence-corrected chi connectivity index (χ4v) is 5.55. The second-order valence-electron chi connectivity index (χ2n) is 10.0. The number of aromatic nitrogens is 6. The van der Waals surface area contributed by atoms with E-state index in [1.807, 2.05) is 121 Å². The van der Waals surface area contributed by atoms with E-state index < -0.39 is 11.8 Å². The smallest absolute Gasteiger partial charge is 0.281 e. The Morgan fingerprint density at radius 2 is 1.00 bits per heavy atom. The molecule has 0 spiro atoms. The molecule has 7 aromatic rings. The molecular weight excluding hydrogens is 524 g/mol. The highest BCUT2D eigenvalue weighted by Crippen LogP contribution is 2.40. The average Bonchev–Trinajstić information content (AvgIpc) is 3.53. The first-order chi connectivity index (χ1) is 20.7. The standard InChI is InChI=1S/C34H22N6O2/c41-33-25-26(21-13-5-1-6-14-21)35-31(24-19-11-4-12-20-24)38-32(25)39-29-27(22-15-7-2-8-16-22)36-30(23-17-9-3-10-18-23)37-28(29)34(42)40(33)39/h1-20,34,42H. The van der Waals surface area contributed by atoms with E-state index in [1.54, 1.807) is 4.68 Å². The molecule has 3 aromatic heterocycles. The molecule has 0 saturated heterocycles. The molecule has 200 valence electrons.